The van der Waals surface area contributed by atoms with Gasteiger partial charge < -0.3 is 15.2 Å². The van der Waals surface area contributed by atoms with E-state index in [1.54, 1.807) is 0 Å². The largest absolute Gasteiger partial charge is 0.379 e. The van der Waals surface area contributed by atoms with E-state index in [-0.39, 0.29) is 0 Å². The molecular formula is C9H19N5O2. The Kier molecular flexibility index (Phi) is 4.20. The van der Waals surface area contributed by atoms with Crippen LogP contribution in [0, 0.1) is 0 Å². The van der Waals surface area contributed by atoms with Crippen LogP contribution >= 0.6 is 0 Å². The summed E-state index contributed by atoms with van der Waals surface area (Å²) in [6.07, 6.45) is 0. The lowest BCUT2D eigenvalue weighted by Gasteiger charge is -2.29. The second-order valence-electron chi connectivity index (χ2n) is 3.76. The van der Waals surface area contributed by atoms with Crippen LogP contribution in [0.15, 0.2) is 5.10 Å². The molecule has 2 aliphatic rings. The monoisotopic (exact) mass is 229 g/mol. The van der Waals surface area contributed by atoms with E-state index in [2.05, 4.69) is 10.5 Å². The lowest BCUT2D eigenvalue weighted by molar-refractivity contribution is 0.0223. The molecule has 7 nitrogen and oxygen atoms in total. The van der Waals surface area contributed by atoms with Crippen LogP contribution in [0.5, 0.6) is 0 Å². The van der Waals surface area contributed by atoms with Gasteiger partial charge in [-0.2, -0.15) is 0 Å². The molecule has 2 heterocycles. The number of morpholine rings is 2. The maximum atomic E-state index is 5.81. The van der Waals surface area contributed by atoms with Crippen molar-refractivity contribution in [2.24, 2.45) is 10.8 Å². The molecule has 0 unspecified atom stereocenters. The summed E-state index contributed by atoms with van der Waals surface area (Å²) in [5, 5.41) is 8.22. The molecule has 0 spiro atoms. The molecule has 0 radical (unpaired) electrons. The van der Waals surface area contributed by atoms with Gasteiger partial charge in [-0.05, 0) is 0 Å². The summed E-state index contributed by atoms with van der Waals surface area (Å²) < 4.78 is 10.5. The van der Waals surface area contributed by atoms with Crippen LogP contribution in [0.25, 0.3) is 0 Å². The highest BCUT2D eigenvalue weighted by molar-refractivity contribution is 5.77. The van der Waals surface area contributed by atoms with Crippen LogP contribution in [0.2, 0.25) is 0 Å². The molecule has 0 amide bonds. The van der Waals surface area contributed by atoms with Crippen molar-refractivity contribution < 1.29 is 9.47 Å². The standard InChI is InChI=1S/C9H19N5O2/c10-9(11-13-1-5-15-6-2-13)12-14-3-7-16-8-4-14/h1-8H2,(H3,10,11,12). The molecule has 0 aromatic heterocycles. The van der Waals surface area contributed by atoms with Gasteiger partial charge in [-0.25, -0.2) is 5.01 Å². The maximum absolute atomic E-state index is 5.81. The molecule has 3 N–H and O–H groups in total. The molecule has 0 aliphatic carbocycles. The van der Waals surface area contributed by atoms with Gasteiger partial charge >= 0.3 is 0 Å². The first-order valence-electron chi connectivity index (χ1n) is 5.61. The molecule has 0 bridgehead atoms. The van der Waals surface area contributed by atoms with Gasteiger partial charge in [0.25, 0.3) is 0 Å². The number of guanidine groups is 1. The van der Waals surface area contributed by atoms with Crippen molar-refractivity contribution in [3.05, 3.63) is 0 Å². The summed E-state index contributed by atoms with van der Waals surface area (Å²) in [4.78, 5) is 0. The summed E-state index contributed by atoms with van der Waals surface area (Å²) in [6, 6.07) is 0. The van der Waals surface area contributed by atoms with Crippen molar-refractivity contribution in [1.29, 1.82) is 0 Å². The summed E-state index contributed by atoms with van der Waals surface area (Å²) in [7, 11) is 0. The minimum atomic E-state index is 0.434. The average molecular weight is 229 g/mol. The number of hydrogen-bond donors (Lipinski definition) is 2. The molecule has 92 valence electrons. The zero-order valence-electron chi connectivity index (χ0n) is 9.39. The normalized spacial score (nSPS) is 24.5. The molecule has 2 saturated heterocycles. The quantitative estimate of drug-likeness (QED) is 0.438. The Labute approximate surface area is 95.1 Å². The van der Waals surface area contributed by atoms with Crippen LogP contribution in [0.4, 0.5) is 0 Å². The van der Waals surface area contributed by atoms with Gasteiger partial charge in [0.1, 0.15) is 0 Å². The fourth-order valence-corrected chi connectivity index (χ4v) is 1.67. The molecule has 0 aromatic carbocycles. The molecule has 2 aliphatic heterocycles. The Morgan fingerprint density at radius 1 is 1.00 bits per heavy atom. The van der Waals surface area contributed by atoms with E-state index in [0.717, 1.165) is 39.4 Å². The number of hydrazone groups is 1. The first-order valence-corrected chi connectivity index (χ1v) is 5.61. The number of nitrogens with two attached hydrogens (primary N) is 1. The lowest BCUT2D eigenvalue weighted by atomic mass is 10.5. The summed E-state index contributed by atoms with van der Waals surface area (Å²) >= 11 is 0. The van der Waals surface area contributed by atoms with Crippen LogP contribution in [-0.4, -0.2) is 68.6 Å². The summed E-state index contributed by atoms with van der Waals surface area (Å²) in [5.41, 5.74) is 8.87. The van der Waals surface area contributed by atoms with Gasteiger partial charge in [-0.3, -0.25) is 10.4 Å². The van der Waals surface area contributed by atoms with Crippen molar-refractivity contribution in [2.45, 2.75) is 0 Å². The first kappa shape index (κ1) is 11.4. The van der Waals surface area contributed by atoms with Crippen LogP contribution in [-0.2, 0) is 9.47 Å². The van der Waals surface area contributed by atoms with Gasteiger partial charge in [0, 0.05) is 13.1 Å². The zero-order chi connectivity index (χ0) is 11.2. The number of ether oxygens (including phenoxy) is 2. The van der Waals surface area contributed by atoms with Gasteiger partial charge in [-0.15, -0.1) is 5.10 Å². The Balaban J connectivity index is 1.76. The van der Waals surface area contributed by atoms with E-state index in [9.17, 15) is 0 Å². The van der Waals surface area contributed by atoms with Gasteiger partial charge in [0.2, 0.25) is 5.96 Å². The topological polar surface area (TPSA) is 75.3 Å². The van der Waals surface area contributed by atoms with E-state index in [1.165, 1.54) is 0 Å². The Morgan fingerprint density at radius 3 is 2.19 bits per heavy atom. The first-order chi connectivity index (χ1) is 7.84. The van der Waals surface area contributed by atoms with E-state index >= 15 is 0 Å². The lowest BCUT2D eigenvalue weighted by Crippen LogP contribution is -2.51. The molecule has 2 fully saturated rings. The molecule has 0 saturated carbocycles. The second-order valence-corrected chi connectivity index (χ2v) is 3.76. The third-order valence-electron chi connectivity index (χ3n) is 2.52. The zero-order valence-corrected chi connectivity index (χ0v) is 9.39. The SMILES string of the molecule is NC(=NN1CCOCC1)NN1CCOCC1. The van der Waals surface area contributed by atoms with Crippen molar-refractivity contribution in [3.63, 3.8) is 0 Å². The van der Waals surface area contributed by atoms with Crippen LogP contribution < -0.4 is 11.2 Å². The number of rotatable bonds is 2. The molecule has 0 aromatic rings. The molecular weight excluding hydrogens is 210 g/mol. The van der Waals surface area contributed by atoms with E-state index in [1.807, 2.05) is 10.0 Å². The fourth-order valence-electron chi connectivity index (χ4n) is 1.67. The number of nitrogens with one attached hydrogen (secondary N) is 1. The fraction of sp³-hybridized carbons (Fsp3) is 0.889. The van der Waals surface area contributed by atoms with Crippen molar-refractivity contribution in [3.8, 4) is 0 Å². The van der Waals surface area contributed by atoms with Crippen LogP contribution in [0.1, 0.15) is 0 Å². The Morgan fingerprint density at radius 2 is 1.56 bits per heavy atom. The number of nitrogens with zero attached hydrogens (tertiary/aromatic N) is 3. The highest BCUT2D eigenvalue weighted by Crippen LogP contribution is 1.97. The minimum absolute atomic E-state index is 0.434. The molecule has 0 atom stereocenters. The highest BCUT2D eigenvalue weighted by Gasteiger charge is 2.12. The van der Waals surface area contributed by atoms with E-state index < -0.39 is 0 Å². The summed E-state index contributed by atoms with van der Waals surface area (Å²) in [6.45, 7) is 6.16. The predicted octanol–water partition coefficient (Wildman–Crippen LogP) is -1.61. The molecule has 7 heteroatoms. The smallest absolute Gasteiger partial charge is 0.225 e. The van der Waals surface area contributed by atoms with Crippen molar-refractivity contribution >= 4 is 5.96 Å². The number of hydrazine groups is 1. The predicted molar refractivity (Wildman–Crippen MR) is 59.5 cm³/mol. The van der Waals surface area contributed by atoms with Crippen LogP contribution in [0.3, 0.4) is 0 Å². The minimum Gasteiger partial charge on any atom is -0.379 e. The third-order valence-corrected chi connectivity index (χ3v) is 2.52. The maximum Gasteiger partial charge on any atom is 0.225 e. The molecule has 2 rings (SSSR count). The molecule has 16 heavy (non-hydrogen) atoms. The highest BCUT2D eigenvalue weighted by atomic mass is 16.5. The Bertz CT molecular complexity index is 236. The van der Waals surface area contributed by atoms with Crippen molar-refractivity contribution in [2.75, 3.05) is 52.6 Å². The second kappa shape index (κ2) is 5.88. The summed E-state index contributed by atoms with van der Waals surface area (Å²) in [5.74, 6) is 0.434. The van der Waals surface area contributed by atoms with E-state index in [4.69, 9.17) is 15.2 Å². The van der Waals surface area contributed by atoms with Gasteiger partial charge in [0.05, 0.1) is 39.5 Å². The number of hydrogen-bond acceptors (Lipinski definition) is 5. The van der Waals surface area contributed by atoms with Gasteiger partial charge in [0.15, 0.2) is 0 Å². The van der Waals surface area contributed by atoms with E-state index in [0.29, 0.717) is 19.2 Å². The Hall–Kier alpha value is -1.05. The van der Waals surface area contributed by atoms with Crippen molar-refractivity contribution in [1.82, 2.24) is 15.4 Å². The average Bonchev–Trinajstić information content (AvgIpc) is 2.31. The van der Waals surface area contributed by atoms with Gasteiger partial charge in [-0.1, -0.05) is 0 Å². The third kappa shape index (κ3) is 3.51.